The minimum Gasteiger partial charge on any atom is -0.437 e. The third kappa shape index (κ3) is 3.82. The molecule has 0 aliphatic carbocycles. The monoisotopic (exact) mass is 342 g/mol. The van der Waals surface area contributed by atoms with E-state index in [-0.39, 0.29) is 23.1 Å². The van der Waals surface area contributed by atoms with Crippen molar-refractivity contribution in [3.63, 3.8) is 0 Å². The third-order valence-electron chi connectivity index (χ3n) is 3.44. The number of halogens is 2. The summed E-state index contributed by atoms with van der Waals surface area (Å²) in [6, 6.07) is 8.75. The minimum atomic E-state index is -0.629. The second-order valence-electron chi connectivity index (χ2n) is 5.62. The number of nitrogens with one attached hydrogen (secondary N) is 1. The summed E-state index contributed by atoms with van der Waals surface area (Å²) in [5.41, 5.74) is 8.08. The van der Waals surface area contributed by atoms with Gasteiger partial charge >= 0.3 is 0 Å². The van der Waals surface area contributed by atoms with Crippen molar-refractivity contribution in [2.24, 2.45) is 0 Å². The zero-order valence-corrected chi connectivity index (χ0v) is 13.7. The molecule has 0 aliphatic rings. The van der Waals surface area contributed by atoms with Gasteiger partial charge < -0.3 is 15.8 Å². The number of aryl methyl sites for hydroxylation is 2. The standard InChI is InChI=1S/C18H16F2N4O/c1-10-5-11(2)7-13(6-10)25-18-16(21)17(22-9-23-18)24-15-8-12(19)3-4-14(15)20/h3-9H,21H2,1-2H3,(H,22,23,24). The fourth-order valence-corrected chi connectivity index (χ4v) is 2.38. The summed E-state index contributed by atoms with van der Waals surface area (Å²) in [6.45, 7) is 3.89. The number of nitrogens with zero attached hydrogens (tertiary/aromatic N) is 2. The molecule has 3 aromatic rings. The molecular formula is C18H16F2N4O. The Labute approximate surface area is 143 Å². The number of anilines is 3. The molecule has 0 saturated carbocycles. The molecule has 1 heterocycles. The normalized spacial score (nSPS) is 10.6. The summed E-state index contributed by atoms with van der Waals surface area (Å²) in [5, 5.41) is 2.66. The SMILES string of the molecule is Cc1cc(C)cc(Oc2ncnc(Nc3cc(F)ccc3F)c2N)c1. The fraction of sp³-hybridized carbons (Fsp3) is 0.111. The molecule has 0 radical (unpaired) electrons. The molecule has 0 atom stereocenters. The topological polar surface area (TPSA) is 73.1 Å². The van der Waals surface area contributed by atoms with Crippen molar-refractivity contribution >= 4 is 17.2 Å². The van der Waals surface area contributed by atoms with E-state index in [9.17, 15) is 8.78 Å². The Balaban J connectivity index is 1.90. The van der Waals surface area contributed by atoms with Crippen molar-refractivity contribution in [3.8, 4) is 11.6 Å². The summed E-state index contributed by atoms with van der Waals surface area (Å²) in [5.74, 6) is -0.386. The van der Waals surface area contributed by atoms with Crippen LogP contribution in [0.4, 0.5) is 26.0 Å². The summed E-state index contributed by atoms with van der Waals surface area (Å²) in [7, 11) is 0. The highest BCUT2D eigenvalue weighted by atomic mass is 19.1. The molecule has 1 aromatic heterocycles. The third-order valence-corrected chi connectivity index (χ3v) is 3.44. The van der Waals surface area contributed by atoms with E-state index in [2.05, 4.69) is 15.3 Å². The number of aromatic nitrogens is 2. The van der Waals surface area contributed by atoms with Crippen LogP contribution >= 0.6 is 0 Å². The van der Waals surface area contributed by atoms with Gasteiger partial charge in [0.1, 0.15) is 29.4 Å². The maximum Gasteiger partial charge on any atom is 0.248 e. The Morgan fingerprint density at radius 3 is 2.44 bits per heavy atom. The summed E-state index contributed by atoms with van der Waals surface area (Å²) in [6.07, 6.45) is 1.23. The Hall–Kier alpha value is -3.22. The second kappa shape index (κ2) is 6.72. The van der Waals surface area contributed by atoms with E-state index in [4.69, 9.17) is 10.5 Å². The number of rotatable bonds is 4. The van der Waals surface area contributed by atoms with Crippen LogP contribution in [0.2, 0.25) is 0 Å². The highest BCUT2D eigenvalue weighted by Crippen LogP contribution is 2.32. The van der Waals surface area contributed by atoms with E-state index < -0.39 is 11.6 Å². The van der Waals surface area contributed by atoms with Crippen LogP contribution in [0.5, 0.6) is 11.6 Å². The van der Waals surface area contributed by atoms with Gasteiger partial charge in [0.05, 0.1) is 5.69 Å². The maximum atomic E-state index is 13.8. The van der Waals surface area contributed by atoms with E-state index >= 15 is 0 Å². The van der Waals surface area contributed by atoms with Crippen LogP contribution < -0.4 is 15.8 Å². The van der Waals surface area contributed by atoms with E-state index in [1.54, 1.807) is 0 Å². The number of nitrogen functional groups attached to an aromatic ring is 1. The first-order chi connectivity index (χ1) is 11.9. The molecule has 0 unspecified atom stereocenters. The number of ether oxygens (including phenoxy) is 1. The Bertz CT molecular complexity index is 911. The van der Waals surface area contributed by atoms with Crippen LogP contribution in [0, 0.1) is 25.5 Å². The number of hydrogen-bond acceptors (Lipinski definition) is 5. The minimum absolute atomic E-state index is 0.0808. The molecule has 3 rings (SSSR count). The van der Waals surface area contributed by atoms with Gasteiger partial charge in [-0.15, -0.1) is 0 Å². The lowest BCUT2D eigenvalue weighted by Gasteiger charge is -2.13. The molecule has 0 amide bonds. The molecule has 0 fully saturated rings. The molecule has 0 saturated heterocycles. The zero-order chi connectivity index (χ0) is 18.0. The van der Waals surface area contributed by atoms with E-state index in [0.29, 0.717) is 5.75 Å². The van der Waals surface area contributed by atoms with Gasteiger partial charge in [0.15, 0.2) is 5.82 Å². The molecule has 2 aromatic carbocycles. The lowest BCUT2D eigenvalue weighted by molar-refractivity contribution is 0.464. The van der Waals surface area contributed by atoms with Gasteiger partial charge in [-0.25, -0.2) is 13.8 Å². The van der Waals surface area contributed by atoms with Gasteiger partial charge in [0.25, 0.3) is 0 Å². The van der Waals surface area contributed by atoms with Crippen LogP contribution in [0.3, 0.4) is 0 Å². The quantitative estimate of drug-likeness (QED) is 0.731. The molecule has 5 nitrogen and oxygen atoms in total. The fourth-order valence-electron chi connectivity index (χ4n) is 2.38. The Morgan fingerprint density at radius 1 is 1.00 bits per heavy atom. The highest BCUT2D eigenvalue weighted by molar-refractivity contribution is 5.72. The van der Waals surface area contributed by atoms with Gasteiger partial charge in [0.2, 0.25) is 5.88 Å². The molecule has 0 spiro atoms. The number of hydrogen-bond donors (Lipinski definition) is 2. The van der Waals surface area contributed by atoms with Crippen molar-refractivity contribution in [2.45, 2.75) is 13.8 Å². The zero-order valence-electron chi connectivity index (χ0n) is 13.7. The number of benzene rings is 2. The molecule has 7 heteroatoms. The van der Waals surface area contributed by atoms with E-state index in [1.807, 2.05) is 32.0 Å². The van der Waals surface area contributed by atoms with E-state index in [1.165, 1.54) is 6.33 Å². The maximum absolute atomic E-state index is 13.8. The van der Waals surface area contributed by atoms with Gasteiger partial charge in [-0.1, -0.05) is 6.07 Å². The second-order valence-corrected chi connectivity index (χ2v) is 5.62. The first-order valence-corrected chi connectivity index (χ1v) is 7.51. The van der Waals surface area contributed by atoms with Gasteiger partial charge in [-0.2, -0.15) is 4.98 Å². The average Bonchev–Trinajstić information content (AvgIpc) is 2.54. The first-order valence-electron chi connectivity index (χ1n) is 7.51. The lowest BCUT2D eigenvalue weighted by Crippen LogP contribution is -2.04. The van der Waals surface area contributed by atoms with Crippen molar-refractivity contribution < 1.29 is 13.5 Å². The summed E-state index contributed by atoms with van der Waals surface area (Å²) < 4.78 is 32.8. The molecule has 25 heavy (non-hydrogen) atoms. The molecule has 0 aliphatic heterocycles. The first kappa shape index (κ1) is 16.6. The van der Waals surface area contributed by atoms with Gasteiger partial charge in [-0.3, -0.25) is 0 Å². The van der Waals surface area contributed by atoms with Crippen molar-refractivity contribution in [1.29, 1.82) is 0 Å². The van der Waals surface area contributed by atoms with Gasteiger partial charge in [0, 0.05) is 6.07 Å². The van der Waals surface area contributed by atoms with Crippen molar-refractivity contribution in [3.05, 3.63) is 65.5 Å². The predicted molar refractivity (Wildman–Crippen MR) is 92.1 cm³/mol. The summed E-state index contributed by atoms with van der Waals surface area (Å²) >= 11 is 0. The molecule has 0 bridgehead atoms. The van der Waals surface area contributed by atoms with Crippen LogP contribution in [0.25, 0.3) is 0 Å². The van der Waals surface area contributed by atoms with Crippen molar-refractivity contribution in [2.75, 3.05) is 11.1 Å². The Kier molecular flexibility index (Phi) is 4.47. The molecular weight excluding hydrogens is 326 g/mol. The van der Waals surface area contributed by atoms with Crippen molar-refractivity contribution in [1.82, 2.24) is 9.97 Å². The van der Waals surface area contributed by atoms with E-state index in [0.717, 1.165) is 29.3 Å². The van der Waals surface area contributed by atoms with Crippen LogP contribution in [-0.4, -0.2) is 9.97 Å². The smallest absolute Gasteiger partial charge is 0.248 e. The highest BCUT2D eigenvalue weighted by Gasteiger charge is 2.13. The summed E-state index contributed by atoms with van der Waals surface area (Å²) in [4.78, 5) is 7.97. The largest absolute Gasteiger partial charge is 0.437 e. The van der Waals surface area contributed by atoms with Crippen LogP contribution in [0.15, 0.2) is 42.7 Å². The number of nitrogens with two attached hydrogens (primary N) is 1. The van der Waals surface area contributed by atoms with Gasteiger partial charge in [-0.05, 0) is 49.2 Å². The van der Waals surface area contributed by atoms with Crippen LogP contribution in [0.1, 0.15) is 11.1 Å². The molecule has 128 valence electrons. The molecule has 3 N–H and O–H groups in total. The predicted octanol–water partition coefficient (Wildman–Crippen LogP) is 4.49. The lowest BCUT2D eigenvalue weighted by atomic mass is 10.1. The average molecular weight is 342 g/mol. The Morgan fingerprint density at radius 2 is 1.72 bits per heavy atom. The van der Waals surface area contributed by atoms with Crippen LogP contribution in [-0.2, 0) is 0 Å².